The van der Waals surface area contributed by atoms with Gasteiger partial charge in [-0.25, -0.2) is 0 Å². The zero-order chi connectivity index (χ0) is 20.5. The van der Waals surface area contributed by atoms with Gasteiger partial charge in [-0.1, -0.05) is 42.5 Å². The van der Waals surface area contributed by atoms with E-state index in [-0.39, 0.29) is 5.56 Å². The zero-order valence-corrected chi connectivity index (χ0v) is 17.1. The number of aromatic amines is 1. The molecule has 0 bridgehead atoms. The maximum Gasteiger partial charge on any atom is 0.256 e. The second-order valence-corrected chi connectivity index (χ2v) is 7.40. The lowest BCUT2D eigenvalue weighted by Gasteiger charge is -2.15. The molecule has 0 unspecified atom stereocenters. The highest BCUT2D eigenvalue weighted by Crippen LogP contribution is 2.39. The Morgan fingerprint density at radius 2 is 1.69 bits per heavy atom. The smallest absolute Gasteiger partial charge is 0.256 e. The van der Waals surface area contributed by atoms with Crippen LogP contribution in [-0.2, 0) is 0 Å². The van der Waals surface area contributed by atoms with Crippen molar-refractivity contribution in [2.45, 2.75) is 0 Å². The first-order chi connectivity index (χ1) is 14.0. The predicted octanol–water partition coefficient (Wildman–Crippen LogP) is 4.73. The van der Waals surface area contributed by atoms with Crippen molar-refractivity contribution in [3.8, 4) is 28.0 Å². The van der Waals surface area contributed by atoms with Crippen molar-refractivity contribution in [3.63, 3.8) is 0 Å². The number of rotatable bonds is 4. The average molecular weight is 449 g/mol. The molecule has 0 spiro atoms. The molecule has 29 heavy (non-hydrogen) atoms. The van der Waals surface area contributed by atoms with Crippen molar-refractivity contribution >= 4 is 32.7 Å². The minimum atomic E-state index is -0.523. The largest absolute Gasteiger partial charge is 0.495 e. The highest BCUT2D eigenvalue weighted by Gasteiger charge is 2.18. The highest BCUT2D eigenvalue weighted by molar-refractivity contribution is 9.10. The van der Waals surface area contributed by atoms with Crippen LogP contribution in [0.5, 0.6) is 5.75 Å². The molecule has 4 rings (SSSR count). The molecule has 0 aliphatic carbocycles. The first-order valence-corrected chi connectivity index (χ1v) is 9.68. The molecule has 4 aromatic rings. The quantitative estimate of drug-likeness (QED) is 0.472. The van der Waals surface area contributed by atoms with E-state index in [9.17, 15) is 9.59 Å². The first-order valence-electron chi connectivity index (χ1n) is 8.89. The van der Waals surface area contributed by atoms with Gasteiger partial charge in [0.05, 0.1) is 22.7 Å². The first kappa shape index (κ1) is 19.0. The van der Waals surface area contributed by atoms with Crippen molar-refractivity contribution in [3.05, 3.63) is 87.1 Å². The van der Waals surface area contributed by atoms with Crippen molar-refractivity contribution in [1.29, 1.82) is 0 Å². The van der Waals surface area contributed by atoms with Gasteiger partial charge in [0.25, 0.3) is 5.56 Å². The molecule has 0 saturated carbocycles. The Hall–Kier alpha value is -3.38. The van der Waals surface area contributed by atoms with Gasteiger partial charge in [-0.05, 0) is 45.3 Å². The van der Waals surface area contributed by atoms with Crippen LogP contribution in [0.25, 0.3) is 33.2 Å². The fourth-order valence-electron chi connectivity index (χ4n) is 3.46. The molecule has 0 aliphatic heterocycles. The van der Waals surface area contributed by atoms with Crippen LogP contribution < -0.4 is 16.0 Å². The van der Waals surface area contributed by atoms with Gasteiger partial charge in [-0.15, -0.1) is 0 Å². The fourth-order valence-corrected chi connectivity index (χ4v) is 3.97. The summed E-state index contributed by atoms with van der Waals surface area (Å²) in [6, 6.07) is 20.1. The maximum atomic E-state index is 13.1. The molecule has 0 atom stereocenters. The topological polar surface area (TPSA) is 85.2 Å². The average Bonchev–Trinajstić information content (AvgIpc) is 2.73. The summed E-state index contributed by atoms with van der Waals surface area (Å²) >= 11 is 3.53. The van der Waals surface area contributed by atoms with E-state index >= 15 is 0 Å². The van der Waals surface area contributed by atoms with Gasteiger partial charge in [0, 0.05) is 22.6 Å². The van der Waals surface area contributed by atoms with Gasteiger partial charge < -0.3 is 15.5 Å². The summed E-state index contributed by atoms with van der Waals surface area (Å²) in [6.07, 6.45) is 0. The van der Waals surface area contributed by atoms with Gasteiger partial charge in [0.1, 0.15) is 5.75 Å². The van der Waals surface area contributed by atoms with Crippen molar-refractivity contribution in [1.82, 2.24) is 4.98 Å². The van der Waals surface area contributed by atoms with Crippen LogP contribution in [0.15, 0.2) is 76.0 Å². The van der Waals surface area contributed by atoms with Crippen LogP contribution in [0.4, 0.5) is 0 Å². The summed E-state index contributed by atoms with van der Waals surface area (Å²) < 4.78 is 6.13. The van der Waals surface area contributed by atoms with Crippen LogP contribution in [0, 0.1) is 0 Å². The SMILES string of the molecule is COc1cc2[nH]c(=O)c(-c3ccccc3)c(-c3cccc(C(N)=O)c3)c2cc1Br. The molecule has 0 aliphatic rings. The van der Waals surface area contributed by atoms with E-state index in [2.05, 4.69) is 20.9 Å². The molecule has 0 fully saturated rings. The Labute approximate surface area is 175 Å². The Morgan fingerprint density at radius 1 is 0.966 bits per heavy atom. The van der Waals surface area contributed by atoms with E-state index in [0.717, 1.165) is 26.5 Å². The van der Waals surface area contributed by atoms with Crippen LogP contribution in [-0.4, -0.2) is 18.0 Å². The summed E-state index contributed by atoms with van der Waals surface area (Å²) in [7, 11) is 1.57. The minimum absolute atomic E-state index is 0.229. The van der Waals surface area contributed by atoms with Gasteiger partial charge in [0.15, 0.2) is 0 Å². The number of carbonyl (C=O) groups is 1. The summed E-state index contributed by atoms with van der Waals surface area (Å²) in [5, 5.41) is 0.817. The number of H-pyrrole nitrogens is 1. The molecule has 1 amide bonds. The molecule has 6 heteroatoms. The van der Waals surface area contributed by atoms with Gasteiger partial charge in [0.2, 0.25) is 5.91 Å². The number of nitrogens with two attached hydrogens (primary N) is 1. The third-order valence-corrected chi connectivity index (χ3v) is 5.40. The fraction of sp³-hybridized carbons (Fsp3) is 0.0435. The Kier molecular flexibility index (Phi) is 4.94. The van der Waals surface area contributed by atoms with E-state index in [1.807, 2.05) is 42.5 Å². The number of ether oxygens (including phenoxy) is 1. The zero-order valence-electron chi connectivity index (χ0n) is 15.5. The molecular formula is C23H17BrN2O3. The number of pyridine rings is 1. The van der Waals surface area contributed by atoms with E-state index in [1.165, 1.54) is 0 Å². The lowest BCUT2D eigenvalue weighted by atomic mass is 9.91. The molecule has 3 N–H and O–H groups in total. The number of methoxy groups -OCH3 is 1. The van der Waals surface area contributed by atoms with Crippen LogP contribution in [0.2, 0.25) is 0 Å². The van der Waals surface area contributed by atoms with Crippen molar-refractivity contribution in [2.24, 2.45) is 5.73 Å². The Morgan fingerprint density at radius 3 is 2.38 bits per heavy atom. The molecule has 5 nitrogen and oxygen atoms in total. The number of nitrogens with one attached hydrogen (secondary N) is 1. The number of primary amides is 1. The number of aromatic nitrogens is 1. The van der Waals surface area contributed by atoms with Gasteiger partial charge in [-0.2, -0.15) is 0 Å². The molecule has 0 saturated heterocycles. The number of hydrogen-bond acceptors (Lipinski definition) is 3. The lowest BCUT2D eigenvalue weighted by Crippen LogP contribution is -2.13. The number of fused-ring (bicyclic) bond motifs is 1. The third kappa shape index (κ3) is 3.43. The molecule has 1 heterocycles. The number of hydrogen-bond donors (Lipinski definition) is 2. The standard InChI is InChI=1S/C23H17BrN2O3/c1-29-19-12-18-16(11-17(19)24)20(14-8-5-9-15(10-14)22(25)27)21(23(28)26-18)13-6-3-2-4-7-13/h2-12H,1H3,(H2,25,27)(H,26,28). The van der Waals surface area contributed by atoms with Crippen LogP contribution >= 0.6 is 15.9 Å². The minimum Gasteiger partial charge on any atom is -0.495 e. The maximum absolute atomic E-state index is 13.1. The lowest BCUT2D eigenvalue weighted by molar-refractivity contribution is 0.100. The van der Waals surface area contributed by atoms with Gasteiger partial charge in [-0.3, -0.25) is 9.59 Å². The van der Waals surface area contributed by atoms with Crippen LogP contribution in [0.1, 0.15) is 10.4 Å². The summed E-state index contributed by atoms with van der Waals surface area (Å²) in [4.78, 5) is 27.8. The second kappa shape index (κ2) is 7.56. The Balaban J connectivity index is 2.16. The van der Waals surface area contributed by atoms with E-state index in [1.54, 1.807) is 31.4 Å². The summed E-state index contributed by atoms with van der Waals surface area (Å²) in [5.74, 6) is 0.0857. The van der Waals surface area contributed by atoms with Crippen molar-refractivity contribution in [2.75, 3.05) is 7.11 Å². The van der Waals surface area contributed by atoms with Gasteiger partial charge >= 0.3 is 0 Å². The van der Waals surface area contributed by atoms with E-state index in [4.69, 9.17) is 10.5 Å². The molecule has 1 aromatic heterocycles. The molecule has 0 radical (unpaired) electrons. The number of carbonyl (C=O) groups excluding carboxylic acids is 1. The monoisotopic (exact) mass is 448 g/mol. The number of amides is 1. The molecule has 3 aromatic carbocycles. The van der Waals surface area contributed by atoms with E-state index < -0.39 is 5.91 Å². The highest BCUT2D eigenvalue weighted by atomic mass is 79.9. The van der Waals surface area contributed by atoms with E-state index in [0.29, 0.717) is 22.4 Å². The molecule has 144 valence electrons. The van der Waals surface area contributed by atoms with Crippen LogP contribution in [0.3, 0.4) is 0 Å². The Bertz CT molecular complexity index is 1300. The second-order valence-electron chi connectivity index (χ2n) is 6.55. The number of benzene rings is 3. The summed E-state index contributed by atoms with van der Waals surface area (Å²) in [5.41, 5.74) is 9.02. The summed E-state index contributed by atoms with van der Waals surface area (Å²) in [6.45, 7) is 0. The third-order valence-electron chi connectivity index (χ3n) is 4.78. The predicted molar refractivity (Wildman–Crippen MR) is 118 cm³/mol. The normalized spacial score (nSPS) is 10.8. The van der Waals surface area contributed by atoms with Crippen molar-refractivity contribution < 1.29 is 9.53 Å². The molecular weight excluding hydrogens is 432 g/mol. The number of halogens is 1.